The number of benzene rings is 7. The number of hydrogen-bond donors (Lipinski definition) is 0. The zero-order valence-electron chi connectivity index (χ0n) is 75.5. The Labute approximate surface area is 706 Å². The minimum Gasteiger partial charge on any atom is -0.0654 e. The van der Waals surface area contributed by atoms with Crippen molar-refractivity contribution in [1.29, 1.82) is 0 Å². The first kappa shape index (κ1) is 95.7. The van der Waals surface area contributed by atoms with Crippen LogP contribution in [-0.2, 0) is 38.5 Å². The van der Waals surface area contributed by atoms with E-state index >= 15 is 0 Å². The van der Waals surface area contributed by atoms with Crippen molar-refractivity contribution in [2.75, 3.05) is 0 Å². The molecule has 0 saturated heterocycles. The molecule has 7 aromatic carbocycles. The summed E-state index contributed by atoms with van der Waals surface area (Å²) in [6, 6.07) is 61.2. The van der Waals surface area contributed by atoms with E-state index in [0.29, 0.717) is 0 Å². The summed E-state index contributed by atoms with van der Waals surface area (Å²) in [5.74, 6) is 0. The molecular formula is C114H174. The Morgan fingerprint density at radius 2 is 0.193 bits per heavy atom. The first-order valence-corrected chi connectivity index (χ1v) is 50.3. The van der Waals surface area contributed by atoms with Gasteiger partial charge in [-0.05, 0) is 177 Å². The maximum Gasteiger partial charge on any atom is -0.00139 e. The molecule has 0 nitrogen and oxygen atoms in total. The monoisotopic (exact) mass is 1540 g/mol. The van der Waals surface area contributed by atoms with Gasteiger partial charge in [0, 0.05) is 0 Å². The molecule has 0 heterocycles. The predicted octanol–water partition coefficient (Wildman–Crippen LogP) is 38.5. The standard InChI is InChI=1S/C114H174/c1-7-13-19-25-31-37-43-49-55-61-67-97-73-85-103(86-74-97)109-110(104-87-75-98(76-88-104)68-62-56-50-44-38-32-26-20-14-8-2)112(106-91-79-100(80-92-106)70-64-58-52-46-40-34-28-22-16-10-4)114(108-95-83-102(84-96-108)72-66-60-54-48-42-36-30-24-18-12-6)113(107-93-81-101(82-94-107)71-65-59-53-47-41-35-29-23-17-11-5)111(109)105-89-77-99(78-90-105)69-63-57-51-45-39-33-27-21-15-9-3/h73-96H,7-72H2,1-6H3. The molecule has 0 aliphatic carbocycles. The highest BCUT2D eigenvalue weighted by molar-refractivity contribution is 6.15. The number of aryl methyl sites for hydroxylation is 6. The van der Waals surface area contributed by atoms with Crippen molar-refractivity contribution < 1.29 is 0 Å². The Kier molecular flexibility index (Phi) is 53.4. The van der Waals surface area contributed by atoms with Gasteiger partial charge in [-0.2, -0.15) is 0 Å². The first-order chi connectivity index (χ1) is 56.5. The van der Waals surface area contributed by atoms with Crippen LogP contribution >= 0.6 is 0 Å². The highest BCUT2D eigenvalue weighted by Crippen LogP contribution is 2.56. The van der Waals surface area contributed by atoms with E-state index in [2.05, 4.69) is 187 Å². The summed E-state index contributed by atoms with van der Waals surface area (Å²) >= 11 is 0. The van der Waals surface area contributed by atoms with Gasteiger partial charge in [0.15, 0.2) is 0 Å². The van der Waals surface area contributed by atoms with E-state index in [4.69, 9.17) is 0 Å². The van der Waals surface area contributed by atoms with E-state index in [1.165, 1.54) is 485 Å². The van der Waals surface area contributed by atoms with E-state index in [1.807, 2.05) is 0 Å². The molecule has 7 rings (SSSR count). The van der Waals surface area contributed by atoms with Crippen molar-refractivity contribution in [1.82, 2.24) is 0 Å². The van der Waals surface area contributed by atoms with Crippen LogP contribution in [0.1, 0.15) is 460 Å². The molecule has 0 bridgehead atoms. The highest BCUT2D eigenvalue weighted by Gasteiger charge is 2.30. The molecule has 0 unspecified atom stereocenters. The first-order valence-electron chi connectivity index (χ1n) is 50.3. The van der Waals surface area contributed by atoms with Gasteiger partial charge in [0.05, 0.1) is 0 Å². The third-order valence-corrected chi connectivity index (χ3v) is 25.9. The second kappa shape index (κ2) is 63.6. The van der Waals surface area contributed by atoms with Crippen LogP contribution in [-0.4, -0.2) is 0 Å². The van der Waals surface area contributed by atoms with Crippen molar-refractivity contribution in [2.24, 2.45) is 0 Å². The van der Waals surface area contributed by atoms with E-state index in [-0.39, 0.29) is 0 Å². The average Bonchev–Trinajstić information content (AvgIpc) is 0.715. The second-order valence-electron chi connectivity index (χ2n) is 36.0. The van der Waals surface area contributed by atoms with Gasteiger partial charge in [0.2, 0.25) is 0 Å². The summed E-state index contributed by atoms with van der Waals surface area (Å²) in [4.78, 5) is 0. The highest BCUT2D eigenvalue weighted by atomic mass is 14.3. The molecule has 0 aromatic heterocycles. The van der Waals surface area contributed by atoms with Crippen molar-refractivity contribution in [3.63, 3.8) is 0 Å². The van der Waals surface area contributed by atoms with E-state index in [9.17, 15) is 0 Å². The van der Waals surface area contributed by atoms with Crippen molar-refractivity contribution >= 4 is 0 Å². The SMILES string of the molecule is CCCCCCCCCCCCc1ccc(-c2c(-c3ccc(CCCCCCCCCCCC)cc3)c(-c3ccc(CCCCCCCCCCCC)cc3)c(-c3ccc(CCCCCCCCCCCC)cc3)c(-c3ccc(CCCCCCCCCCCC)cc3)c2-c2ccc(CCCCCCCCCCCC)cc2)cc1. The lowest BCUT2D eigenvalue weighted by atomic mass is 9.73. The summed E-state index contributed by atoms with van der Waals surface area (Å²) in [5.41, 5.74) is 25.0. The van der Waals surface area contributed by atoms with Gasteiger partial charge in [-0.15, -0.1) is 0 Å². The Morgan fingerprint density at radius 1 is 0.105 bits per heavy atom. The fourth-order valence-corrected chi connectivity index (χ4v) is 18.4. The predicted molar refractivity (Wildman–Crippen MR) is 512 cm³/mol. The Bertz CT molecular complexity index is 2780. The van der Waals surface area contributed by atoms with Gasteiger partial charge in [-0.3, -0.25) is 0 Å². The lowest BCUT2D eigenvalue weighted by molar-refractivity contribution is 0.556. The van der Waals surface area contributed by atoms with Crippen LogP contribution in [0.3, 0.4) is 0 Å². The molecule has 0 saturated carbocycles. The molecule has 630 valence electrons. The van der Waals surface area contributed by atoms with Gasteiger partial charge in [0.1, 0.15) is 0 Å². The van der Waals surface area contributed by atoms with Gasteiger partial charge in [-0.1, -0.05) is 534 Å². The molecule has 7 aromatic rings. The van der Waals surface area contributed by atoms with Gasteiger partial charge in [0.25, 0.3) is 0 Å². The Hall–Kier alpha value is -5.46. The maximum absolute atomic E-state index is 2.56. The molecule has 114 heavy (non-hydrogen) atoms. The van der Waals surface area contributed by atoms with Crippen molar-refractivity contribution in [3.05, 3.63) is 179 Å². The molecule has 0 aliphatic heterocycles. The Morgan fingerprint density at radius 3 is 0.289 bits per heavy atom. The van der Waals surface area contributed by atoms with Crippen molar-refractivity contribution in [2.45, 2.75) is 465 Å². The smallest absolute Gasteiger partial charge is 0.00139 e. The number of hydrogen-bond acceptors (Lipinski definition) is 0. The molecule has 0 radical (unpaired) electrons. The maximum atomic E-state index is 2.56. The summed E-state index contributed by atoms with van der Waals surface area (Å²) in [6.45, 7) is 14.0. The van der Waals surface area contributed by atoms with Crippen LogP contribution in [0.25, 0.3) is 66.8 Å². The normalized spacial score (nSPS) is 11.6. The second-order valence-corrected chi connectivity index (χ2v) is 36.0. The van der Waals surface area contributed by atoms with Crippen LogP contribution in [0.5, 0.6) is 0 Å². The number of rotatable bonds is 72. The zero-order valence-corrected chi connectivity index (χ0v) is 75.5. The van der Waals surface area contributed by atoms with E-state index in [1.54, 1.807) is 0 Å². The van der Waals surface area contributed by atoms with Gasteiger partial charge >= 0.3 is 0 Å². The molecule has 0 fully saturated rings. The van der Waals surface area contributed by atoms with Crippen LogP contribution in [0.2, 0.25) is 0 Å². The summed E-state index contributed by atoms with van der Waals surface area (Å²) in [5, 5.41) is 0. The number of unbranched alkanes of at least 4 members (excludes halogenated alkanes) is 54. The summed E-state index contributed by atoms with van der Waals surface area (Å²) in [6.07, 6.45) is 88.8. The van der Waals surface area contributed by atoms with Crippen LogP contribution in [0.4, 0.5) is 0 Å². The lowest BCUT2D eigenvalue weighted by Gasteiger charge is -2.29. The largest absolute Gasteiger partial charge is 0.0654 e. The quantitative estimate of drug-likeness (QED) is 0.0333. The lowest BCUT2D eigenvalue weighted by Crippen LogP contribution is -2.03. The summed E-state index contributed by atoms with van der Waals surface area (Å²) < 4.78 is 0. The molecular weight excluding hydrogens is 1370 g/mol. The van der Waals surface area contributed by atoms with Crippen LogP contribution in [0, 0.1) is 0 Å². The fraction of sp³-hybridized carbons (Fsp3) is 0.632. The third-order valence-electron chi connectivity index (χ3n) is 25.9. The molecule has 0 heteroatoms. The van der Waals surface area contributed by atoms with Gasteiger partial charge in [-0.25, -0.2) is 0 Å². The fourth-order valence-electron chi connectivity index (χ4n) is 18.4. The van der Waals surface area contributed by atoms with Crippen molar-refractivity contribution in [3.8, 4) is 66.8 Å². The molecule has 0 atom stereocenters. The molecule has 0 spiro atoms. The molecule has 0 aliphatic rings. The van der Waals surface area contributed by atoms with Crippen LogP contribution in [0.15, 0.2) is 146 Å². The minimum atomic E-state index is 1.14. The van der Waals surface area contributed by atoms with Gasteiger partial charge < -0.3 is 0 Å². The molecule has 0 N–H and O–H groups in total. The minimum absolute atomic E-state index is 1.14. The zero-order chi connectivity index (χ0) is 80.0. The molecule has 0 amide bonds. The topological polar surface area (TPSA) is 0 Å². The Balaban J connectivity index is 1.39. The van der Waals surface area contributed by atoms with E-state index in [0.717, 1.165) is 38.5 Å². The summed E-state index contributed by atoms with van der Waals surface area (Å²) in [7, 11) is 0. The third kappa shape index (κ3) is 39.0. The average molecular weight is 1540 g/mol. The van der Waals surface area contributed by atoms with Crippen LogP contribution < -0.4 is 0 Å². The van der Waals surface area contributed by atoms with E-state index < -0.39 is 0 Å².